The minimum atomic E-state index is 0.806. The molecule has 6 heteroatoms. The zero-order chi connectivity index (χ0) is 17.8. The van der Waals surface area contributed by atoms with E-state index in [4.69, 9.17) is 0 Å². The Morgan fingerprint density at radius 3 is 2.58 bits per heavy atom. The van der Waals surface area contributed by atoms with Gasteiger partial charge in [0.1, 0.15) is 0 Å². The summed E-state index contributed by atoms with van der Waals surface area (Å²) in [5.74, 6) is 0.915. The summed E-state index contributed by atoms with van der Waals surface area (Å²) in [6.45, 7) is 17.5. The van der Waals surface area contributed by atoms with Gasteiger partial charge >= 0.3 is 0 Å². The summed E-state index contributed by atoms with van der Waals surface area (Å²) >= 11 is 0. The quantitative estimate of drug-likeness (QED) is 0.369. The number of aryl methyl sites for hydroxylation is 3. The maximum absolute atomic E-state index is 4.67. The van der Waals surface area contributed by atoms with Crippen molar-refractivity contribution in [1.29, 1.82) is 0 Å². The van der Waals surface area contributed by atoms with Gasteiger partial charge in [0.05, 0.1) is 5.69 Å². The first-order valence-electron chi connectivity index (χ1n) is 9.36. The highest BCUT2D eigenvalue weighted by Gasteiger charge is 2.03. The molecule has 0 aromatic carbocycles. The van der Waals surface area contributed by atoms with E-state index in [1.54, 1.807) is 0 Å². The maximum atomic E-state index is 4.67. The second-order valence-electron chi connectivity index (χ2n) is 6.13. The molecule has 2 N–H and O–H groups in total. The second kappa shape index (κ2) is 11.9. The van der Waals surface area contributed by atoms with Crippen molar-refractivity contribution in [1.82, 2.24) is 25.3 Å². The Balaban J connectivity index is 2.34. The van der Waals surface area contributed by atoms with E-state index in [-0.39, 0.29) is 0 Å². The van der Waals surface area contributed by atoms with Crippen molar-refractivity contribution in [3.63, 3.8) is 0 Å². The highest BCUT2D eigenvalue weighted by molar-refractivity contribution is 5.79. The van der Waals surface area contributed by atoms with Gasteiger partial charge in [0.15, 0.2) is 5.96 Å². The monoisotopic (exact) mass is 336 g/mol. The Morgan fingerprint density at radius 1 is 1.21 bits per heavy atom. The number of nitrogens with zero attached hydrogens (tertiary/aromatic N) is 4. The third kappa shape index (κ3) is 7.81. The van der Waals surface area contributed by atoms with Gasteiger partial charge in [-0.3, -0.25) is 9.67 Å². The van der Waals surface area contributed by atoms with Crippen LogP contribution in [0.3, 0.4) is 0 Å². The number of aliphatic imine (C=N–C) groups is 1. The molecule has 1 heterocycles. The fraction of sp³-hybridized carbons (Fsp3) is 0.778. The lowest BCUT2D eigenvalue weighted by molar-refractivity contribution is 0.293. The molecular formula is C18H36N6. The SMILES string of the molecule is CCCN(CC)CCNC(=NCCCn1nc(C)cc1C)NCC. The summed E-state index contributed by atoms with van der Waals surface area (Å²) in [7, 11) is 0. The molecule has 0 saturated carbocycles. The molecule has 1 aromatic heterocycles. The zero-order valence-electron chi connectivity index (χ0n) is 16.2. The number of likely N-dealkylation sites (N-methyl/N-ethyl adjacent to an activating group) is 1. The van der Waals surface area contributed by atoms with Gasteiger partial charge in [-0.15, -0.1) is 0 Å². The van der Waals surface area contributed by atoms with E-state index in [1.165, 1.54) is 12.1 Å². The minimum Gasteiger partial charge on any atom is -0.357 e. The van der Waals surface area contributed by atoms with Gasteiger partial charge in [0.2, 0.25) is 0 Å². The van der Waals surface area contributed by atoms with Gasteiger partial charge in [-0.2, -0.15) is 5.10 Å². The predicted molar refractivity (Wildman–Crippen MR) is 103 cm³/mol. The molecule has 0 aliphatic heterocycles. The molecule has 0 fully saturated rings. The molecule has 0 saturated heterocycles. The zero-order valence-corrected chi connectivity index (χ0v) is 16.2. The largest absolute Gasteiger partial charge is 0.357 e. The molecule has 0 bridgehead atoms. The summed E-state index contributed by atoms with van der Waals surface area (Å²) in [5.41, 5.74) is 2.30. The molecule has 0 aliphatic rings. The molecule has 0 amide bonds. The number of rotatable bonds is 11. The van der Waals surface area contributed by atoms with Crippen molar-refractivity contribution < 1.29 is 0 Å². The molecule has 0 unspecified atom stereocenters. The molecule has 1 aromatic rings. The van der Waals surface area contributed by atoms with Crippen LogP contribution in [0, 0.1) is 13.8 Å². The molecule has 0 atom stereocenters. The third-order valence-corrected chi connectivity index (χ3v) is 3.95. The predicted octanol–water partition coefficient (Wildman–Crippen LogP) is 2.18. The van der Waals surface area contributed by atoms with Gasteiger partial charge in [-0.1, -0.05) is 13.8 Å². The van der Waals surface area contributed by atoms with Crippen molar-refractivity contribution in [3.8, 4) is 0 Å². The maximum Gasteiger partial charge on any atom is 0.191 e. The summed E-state index contributed by atoms with van der Waals surface area (Å²) in [6, 6.07) is 2.12. The van der Waals surface area contributed by atoms with E-state index >= 15 is 0 Å². The fourth-order valence-corrected chi connectivity index (χ4v) is 2.73. The first-order chi connectivity index (χ1) is 11.6. The Morgan fingerprint density at radius 2 is 2.00 bits per heavy atom. The van der Waals surface area contributed by atoms with Gasteiger partial charge in [0, 0.05) is 38.4 Å². The van der Waals surface area contributed by atoms with Crippen LogP contribution in [0.15, 0.2) is 11.1 Å². The lowest BCUT2D eigenvalue weighted by atomic mass is 10.4. The van der Waals surface area contributed by atoms with Crippen molar-refractivity contribution in [2.75, 3.05) is 39.3 Å². The molecule has 0 radical (unpaired) electrons. The van der Waals surface area contributed by atoms with Crippen molar-refractivity contribution in [2.45, 2.75) is 54.0 Å². The van der Waals surface area contributed by atoms with Crippen molar-refractivity contribution in [3.05, 3.63) is 17.5 Å². The Labute approximate surface area is 147 Å². The Kier molecular flexibility index (Phi) is 10.2. The summed E-state index contributed by atoms with van der Waals surface area (Å²) < 4.78 is 2.06. The van der Waals surface area contributed by atoms with E-state index < -0.39 is 0 Å². The Bertz CT molecular complexity index is 480. The average molecular weight is 337 g/mol. The minimum absolute atomic E-state index is 0.806. The van der Waals surface area contributed by atoms with Crippen LogP contribution >= 0.6 is 0 Å². The first-order valence-corrected chi connectivity index (χ1v) is 9.36. The number of hydrogen-bond donors (Lipinski definition) is 2. The standard InChI is InChI=1S/C18H36N6/c1-6-12-23(8-3)14-11-21-18(19-7-2)20-10-9-13-24-17(5)15-16(4)22-24/h15H,6-14H2,1-5H3,(H2,19,20,21). The molecule has 0 spiro atoms. The number of nitrogens with one attached hydrogen (secondary N) is 2. The molecular weight excluding hydrogens is 300 g/mol. The lowest BCUT2D eigenvalue weighted by Gasteiger charge is -2.20. The van der Waals surface area contributed by atoms with E-state index in [2.05, 4.69) is 64.1 Å². The Hall–Kier alpha value is -1.56. The van der Waals surface area contributed by atoms with Crippen molar-refractivity contribution in [2.24, 2.45) is 4.99 Å². The van der Waals surface area contributed by atoms with Gasteiger partial charge in [-0.25, -0.2) is 0 Å². The average Bonchev–Trinajstić information content (AvgIpc) is 2.88. The van der Waals surface area contributed by atoms with Gasteiger partial charge < -0.3 is 15.5 Å². The van der Waals surface area contributed by atoms with Crippen LogP contribution in [-0.4, -0.2) is 59.9 Å². The molecule has 138 valence electrons. The van der Waals surface area contributed by atoms with E-state index in [0.717, 1.165) is 63.9 Å². The van der Waals surface area contributed by atoms with Crippen LogP contribution in [0.5, 0.6) is 0 Å². The lowest BCUT2D eigenvalue weighted by Crippen LogP contribution is -2.41. The van der Waals surface area contributed by atoms with Crippen LogP contribution in [0.1, 0.15) is 45.0 Å². The van der Waals surface area contributed by atoms with Crippen LogP contribution in [0.2, 0.25) is 0 Å². The van der Waals surface area contributed by atoms with E-state index in [9.17, 15) is 0 Å². The van der Waals surface area contributed by atoms with E-state index in [0.29, 0.717) is 0 Å². The number of hydrogen-bond acceptors (Lipinski definition) is 3. The summed E-state index contributed by atoms with van der Waals surface area (Å²) in [4.78, 5) is 7.13. The van der Waals surface area contributed by atoms with Gasteiger partial charge in [-0.05, 0) is 52.8 Å². The first kappa shape index (κ1) is 20.5. The topological polar surface area (TPSA) is 57.5 Å². The summed E-state index contributed by atoms with van der Waals surface area (Å²) in [5, 5.41) is 11.2. The van der Waals surface area contributed by atoms with Crippen molar-refractivity contribution >= 4 is 5.96 Å². The van der Waals surface area contributed by atoms with Crippen LogP contribution in [0.25, 0.3) is 0 Å². The van der Waals surface area contributed by atoms with Gasteiger partial charge in [0.25, 0.3) is 0 Å². The van der Waals surface area contributed by atoms with E-state index in [1.807, 2.05) is 6.92 Å². The van der Waals surface area contributed by atoms with Crippen LogP contribution in [0.4, 0.5) is 0 Å². The molecule has 0 aliphatic carbocycles. The van der Waals surface area contributed by atoms with Crippen LogP contribution in [-0.2, 0) is 6.54 Å². The smallest absolute Gasteiger partial charge is 0.191 e. The summed E-state index contributed by atoms with van der Waals surface area (Å²) in [6.07, 6.45) is 2.20. The second-order valence-corrected chi connectivity index (χ2v) is 6.13. The highest BCUT2D eigenvalue weighted by Crippen LogP contribution is 2.02. The molecule has 24 heavy (non-hydrogen) atoms. The third-order valence-electron chi connectivity index (χ3n) is 3.95. The number of guanidine groups is 1. The molecule has 6 nitrogen and oxygen atoms in total. The highest BCUT2D eigenvalue weighted by atomic mass is 15.3. The van der Waals surface area contributed by atoms with Crippen LogP contribution < -0.4 is 10.6 Å². The molecule has 1 rings (SSSR count). The number of aromatic nitrogens is 2. The fourth-order valence-electron chi connectivity index (χ4n) is 2.73. The normalized spacial score (nSPS) is 12.0.